The highest BCUT2D eigenvalue weighted by molar-refractivity contribution is 5.82. The van der Waals surface area contributed by atoms with Gasteiger partial charge in [0.2, 0.25) is 5.91 Å². The van der Waals surface area contributed by atoms with Gasteiger partial charge in [-0.05, 0) is 42.3 Å². The van der Waals surface area contributed by atoms with E-state index in [-0.39, 0.29) is 24.2 Å². The number of rotatable bonds is 5. The van der Waals surface area contributed by atoms with Crippen LogP contribution in [0.25, 0.3) is 0 Å². The van der Waals surface area contributed by atoms with Crippen LogP contribution in [-0.2, 0) is 22.1 Å². The van der Waals surface area contributed by atoms with Crippen LogP contribution in [0.15, 0.2) is 42.5 Å². The first-order valence-corrected chi connectivity index (χ1v) is 12.4. The van der Waals surface area contributed by atoms with Gasteiger partial charge in [0.15, 0.2) is 0 Å². The molecule has 2 aromatic carbocycles. The van der Waals surface area contributed by atoms with Crippen LogP contribution in [0.4, 0.5) is 28.9 Å². The molecule has 0 radical (unpaired) electrons. The molecule has 2 saturated heterocycles. The zero-order valence-electron chi connectivity index (χ0n) is 19.9. The monoisotopic (exact) mass is 506 g/mol. The van der Waals surface area contributed by atoms with Gasteiger partial charge >= 0.3 is 6.18 Å². The molecule has 2 atom stereocenters. The van der Waals surface area contributed by atoms with Crippen LogP contribution in [0.5, 0.6) is 0 Å². The fraction of sp³-hybridized carbons (Fsp3) is 0.500. The SMILES string of the molecule is O=C(NCCN1CCOCC1)[C@@H]1Cc2cc(C(F)(F)F)ccc2N2CCN(c3ccccc3F)C[C@@H]12. The van der Waals surface area contributed by atoms with E-state index < -0.39 is 17.7 Å². The summed E-state index contributed by atoms with van der Waals surface area (Å²) >= 11 is 0. The molecule has 3 aliphatic rings. The average Bonchev–Trinajstić information content (AvgIpc) is 2.88. The number of nitrogens with one attached hydrogen (secondary N) is 1. The second-order valence-electron chi connectivity index (χ2n) is 9.56. The number of nitrogens with zero attached hydrogens (tertiary/aromatic N) is 3. The first kappa shape index (κ1) is 24.8. The van der Waals surface area contributed by atoms with Gasteiger partial charge in [-0.3, -0.25) is 9.69 Å². The lowest BCUT2D eigenvalue weighted by atomic mass is 9.82. The Hall–Kier alpha value is -2.85. The van der Waals surface area contributed by atoms with Gasteiger partial charge in [-0.25, -0.2) is 4.39 Å². The lowest BCUT2D eigenvalue weighted by molar-refractivity contribution is -0.137. The minimum atomic E-state index is -4.45. The largest absolute Gasteiger partial charge is 0.416 e. The molecule has 194 valence electrons. The Balaban J connectivity index is 1.38. The van der Waals surface area contributed by atoms with Crippen LogP contribution >= 0.6 is 0 Å². The molecule has 2 aromatic rings. The summed E-state index contributed by atoms with van der Waals surface area (Å²) in [6.07, 6.45) is -4.25. The van der Waals surface area contributed by atoms with Crippen LogP contribution in [-0.4, -0.2) is 75.9 Å². The third-order valence-electron chi connectivity index (χ3n) is 7.40. The van der Waals surface area contributed by atoms with Crippen LogP contribution in [0.3, 0.4) is 0 Å². The first-order valence-electron chi connectivity index (χ1n) is 12.4. The van der Waals surface area contributed by atoms with E-state index in [1.807, 2.05) is 9.80 Å². The van der Waals surface area contributed by atoms with Crippen LogP contribution in [0.2, 0.25) is 0 Å². The van der Waals surface area contributed by atoms with Gasteiger partial charge in [0.05, 0.1) is 36.4 Å². The molecule has 1 N–H and O–H groups in total. The first-order chi connectivity index (χ1) is 17.3. The molecule has 0 aliphatic carbocycles. The number of anilines is 2. The zero-order chi connectivity index (χ0) is 25.3. The fourth-order valence-electron chi connectivity index (χ4n) is 5.52. The van der Waals surface area contributed by atoms with E-state index >= 15 is 0 Å². The summed E-state index contributed by atoms with van der Waals surface area (Å²) < 4.78 is 60.1. The number of piperazine rings is 1. The summed E-state index contributed by atoms with van der Waals surface area (Å²) in [6, 6.07) is 10.0. The Morgan fingerprint density at radius 2 is 1.81 bits per heavy atom. The minimum Gasteiger partial charge on any atom is -0.379 e. The minimum absolute atomic E-state index is 0.184. The third-order valence-corrected chi connectivity index (χ3v) is 7.40. The molecule has 1 amide bonds. The number of hydrogen-bond donors (Lipinski definition) is 1. The maximum absolute atomic E-state index is 14.5. The van der Waals surface area contributed by atoms with Crippen molar-refractivity contribution in [1.29, 1.82) is 0 Å². The topological polar surface area (TPSA) is 48.1 Å². The molecule has 36 heavy (non-hydrogen) atoms. The Kier molecular flexibility index (Phi) is 7.07. The number of fused-ring (bicyclic) bond motifs is 3. The maximum Gasteiger partial charge on any atom is 0.416 e. The molecule has 0 bridgehead atoms. The highest BCUT2D eigenvalue weighted by Crippen LogP contribution is 2.40. The van der Waals surface area contributed by atoms with Crippen molar-refractivity contribution >= 4 is 17.3 Å². The van der Waals surface area contributed by atoms with Gasteiger partial charge in [0.25, 0.3) is 0 Å². The third kappa shape index (κ3) is 5.15. The summed E-state index contributed by atoms with van der Waals surface area (Å²) in [5.74, 6) is -1.07. The summed E-state index contributed by atoms with van der Waals surface area (Å²) in [6.45, 7) is 5.47. The Morgan fingerprint density at radius 1 is 1.03 bits per heavy atom. The quantitative estimate of drug-likeness (QED) is 0.632. The van der Waals surface area contributed by atoms with Crippen molar-refractivity contribution in [2.45, 2.75) is 18.6 Å². The number of para-hydroxylation sites is 1. The second kappa shape index (κ2) is 10.3. The highest BCUT2D eigenvalue weighted by Gasteiger charge is 2.43. The molecule has 3 aliphatic heterocycles. The lowest BCUT2D eigenvalue weighted by Gasteiger charge is -2.49. The number of morpholine rings is 1. The molecular formula is C26H30F4N4O2. The summed E-state index contributed by atoms with van der Waals surface area (Å²) in [5.41, 5.74) is 1.00. The van der Waals surface area contributed by atoms with E-state index in [9.17, 15) is 22.4 Å². The lowest BCUT2D eigenvalue weighted by Crippen LogP contribution is -2.61. The van der Waals surface area contributed by atoms with Gasteiger partial charge in [0.1, 0.15) is 5.82 Å². The molecule has 0 spiro atoms. The number of amides is 1. The van der Waals surface area contributed by atoms with Crippen LogP contribution in [0.1, 0.15) is 11.1 Å². The van der Waals surface area contributed by atoms with Crippen molar-refractivity contribution in [3.05, 3.63) is 59.4 Å². The van der Waals surface area contributed by atoms with Crippen LogP contribution in [0, 0.1) is 11.7 Å². The van der Waals surface area contributed by atoms with Crippen molar-refractivity contribution < 1.29 is 27.1 Å². The van der Waals surface area contributed by atoms with E-state index in [1.54, 1.807) is 18.2 Å². The second-order valence-corrected chi connectivity index (χ2v) is 9.56. The van der Waals surface area contributed by atoms with Crippen LogP contribution < -0.4 is 15.1 Å². The van der Waals surface area contributed by atoms with Gasteiger partial charge < -0.3 is 19.9 Å². The van der Waals surface area contributed by atoms with E-state index in [0.717, 1.165) is 24.8 Å². The van der Waals surface area contributed by atoms with Gasteiger partial charge in [-0.2, -0.15) is 13.2 Å². The predicted molar refractivity (Wildman–Crippen MR) is 129 cm³/mol. The summed E-state index contributed by atoms with van der Waals surface area (Å²) in [7, 11) is 0. The van der Waals surface area contributed by atoms with E-state index in [2.05, 4.69) is 10.2 Å². The Morgan fingerprint density at radius 3 is 2.56 bits per heavy atom. The number of benzene rings is 2. The van der Waals surface area contributed by atoms with E-state index in [1.165, 1.54) is 18.2 Å². The van der Waals surface area contributed by atoms with Gasteiger partial charge in [-0.15, -0.1) is 0 Å². The van der Waals surface area contributed by atoms with Crippen molar-refractivity contribution in [1.82, 2.24) is 10.2 Å². The molecule has 3 heterocycles. The molecule has 2 fully saturated rings. The normalized spacial score (nSPS) is 22.7. The highest BCUT2D eigenvalue weighted by atomic mass is 19.4. The number of hydrogen-bond acceptors (Lipinski definition) is 5. The molecule has 0 unspecified atom stereocenters. The standard InChI is InChI=1S/C26H30F4N4O2/c27-21-3-1-2-4-23(21)33-9-10-34-22-6-5-19(26(28,29)30)15-18(22)16-20(24(34)17-33)25(35)31-7-8-32-11-13-36-14-12-32/h1-6,15,20,24H,7-14,16-17H2,(H,31,35)/t20-,24+/m1/s1. The van der Waals surface area contributed by atoms with Crippen molar-refractivity contribution in [2.24, 2.45) is 5.92 Å². The summed E-state index contributed by atoms with van der Waals surface area (Å²) in [4.78, 5) is 19.6. The molecule has 10 heteroatoms. The number of halogens is 4. The smallest absolute Gasteiger partial charge is 0.379 e. The molecule has 0 saturated carbocycles. The maximum atomic E-state index is 14.5. The number of alkyl halides is 3. The zero-order valence-corrected chi connectivity index (χ0v) is 19.9. The molecule has 5 rings (SSSR count). The van der Waals surface area contributed by atoms with E-state index in [0.29, 0.717) is 57.2 Å². The Labute approximate surface area is 207 Å². The van der Waals surface area contributed by atoms with Crippen molar-refractivity contribution in [3.8, 4) is 0 Å². The van der Waals surface area contributed by atoms with Gasteiger partial charge in [0, 0.05) is 51.5 Å². The Bertz CT molecular complexity index is 1090. The number of carbonyl (C=O) groups is 1. The van der Waals surface area contributed by atoms with E-state index in [4.69, 9.17) is 4.74 Å². The summed E-state index contributed by atoms with van der Waals surface area (Å²) in [5, 5.41) is 3.01. The predicted octanol–water partition coefficient (Wildman–Crippen LogP) is 3.16. The number of carbonyl (C=O) groups excluding carboxylic acids is 1. The molecule has 0 aromatic heterocycles. The molecular weight excluding hydrogens is 476 g/mol. The number of ether oxygens (including phenoxy) is 1. The van der Waals surface area contributed by atoms with Gasteiger partial charge in [-0.1, -0.05) is 12.1 Å². The van der Waals surface area contributed by atoms with Crippen molar-refractivity contribution in [2.75, 3.05) is 68.8 Å². The fourth-order valence-corrected chi connectivity index (χ4v) is 5.52. The molecule has 6 nitrogen and oxygen atoms in total. The average molecular weight is 507 g/mol. The van der Waals surface area contributed by atoms with Crippen molar-refractivity contribution in [3.63, 3.8) is 0 Å².